The van der Waals surface area contributed by atoms with Crippen molar-refractivity contribution >= 4 is 27.1 Å². The van der Waals surface area contributed by atoms with Crippen LogP contribution in [0, 0.1) is 6.92 Å². The molecule has 0 radical (unpaired) electrons. The molecule has 1 aromatic rings. The van der Waals surface area contributed by atoms with E-state index in [1.54, 1.807) is 12.0 Å². The Labute approximate surface area is 142 Å². The van der Waals surface area contributed by atoms with Gasteiger partial charge in [-0.25, -0.2) is 8.42 Å². The molecule has 1 unspecified atom stereocenters. The van der Waals surface area contributed by atoms with Gasteiger partial charge in [0, 0.05) is 31.2 Å². The molecule has 1 aliphatic rings. The van der Waals surface area contributed by atoms with E-state index in [-0.39, 0.29) is 23.5 Å². The number of methoxy groups -OCH3 is 1. The van der Waals surface area contributed by atoms with Crippen molar-refractivity contribution in [3.8, 4) is 0 Å². The first-order valence-corrected chi connectivity index (χ1v) is 10.6. The van der Waals surface area contributed by atoms with E-state index in [1.165, 1.54) is 16.9 Å². The third kappa shape index (κ3) is 4.55. The lowest BCUT2D eigenvalue weighted by Gasteiger charge is -2.27. The lowest BCUT2D eigenvalue weighted by Crippen LogP contribution is -2.41. The van der Waals surface area contributed by atoms with E-state index < -0.39 is 9.84 Å². The number of nitrogens with zero attached hydrogens (tertiary/aromatic N) is 1. The van der Waals surface area contributed by atoms with Crippen LogP contribution in [0.2, 0.25) is 0 Å². The average molecular weight is 360 g/mol. The molecule has 1 atom stereocenters. The first kappa shape index (κ1) is 18.4. The van der Waals surface area contributed by atoms with Gasteiger partial charge in [0.05, 0.1) is 16.4 Å². The Bertz CT molecular complexity index is 651. The van der Waals surface area contributed by atoms with E-state index in [1.807, 2.05) is 13.0 Å². The largest absolute Gasteiger partial charge is 0.385 e. The fourth-order valence-electron chi connectivity index (χ4n) is 2.97. The van der Waals surface area contributed by atoms with E-state index in [2.05, 4.69) is 6.92 Å². The third-order valence-corrected chi connectivity index (χ3v) is 7.10. The summed E-state index contributed by atoms with van der Waals surface area (Å²) in [5.41, 5.74) is 1.19. The Hall–Kier alpha value is -0.920. The summed E-state index contributed by atoms with van der Waals surface area (Å²) in [6.45, 7) is 5.19. The lowest BCUT2D eigenvalue weighted by molar-refractivity contribution is 0.0679. The highest BCUT2D eigenvalue weighted by Gasteiger charge is 2.35. The summed E-state index contributed by atoms with van der Waals surface area (Å²) in [6, 6.07) is 1.74. The van der Waals surface area contributed by atoms with Crippen LogP contribution in [0.1, 0.15) is 39.9 Å². The minimum absolute atomic E-state index is 0.0454. The molecule has 130 valence electrons. The Balaban J connectivity index is 2.19. The summed E-state index contributed by atoms with van der Waals surface area (Å²) in [4.78, 5) is 16.5. The van der Waals surface area contributed by atoms with Crippen molar-refractivity contribution in [3.05, 3.63) is 21.4 Å². The van der Waals surface area contributed by atoms with Gasteiger partial charge < -0.3 is 9.64 Å². The highest BCUT2D eigenvalue weighted by atomic mass is 32.2. The van der Waals surface area contributed by atoms with Crippen LogP contribution in [0.5, 0.6) is 0 Å². The van der Waals surface area contributed by atoms with Crippen LogP contribution < -0.4 is 0 Å². The number of sulfone groups is 1. The minimum Gasteiger partial charge on any atom is -0.385 e. The van der Waals surface area contributed by atoms with Crippen molar-refractivity contribution in [2.45, 2.75) is 39.2 Å². The van der Waals surface area contributed by atoms with Crippen molar-refractivity contribution in [3.63, 3.8) is 0 Å². The van der Waals surface area contributed by atoms with Crippen LogP contribution in [0.3, 0.4) is 0 Å². The molecule has 7 heteroatoms. The van der Waals surface area contributed by atoms with Crippen molar-refractivity contribution < 1.29 is 17.9 Å². The second-order valence-electron chi connectivity index (χ2n) is 5.95. The Morgan fingerprint density at radius 3 is 2.74 bits per heavy atom. The van der Waals surface area contributed by atoms with Gasteiger partial charge in [-0.3, -0.25) is 4.79 Å². The molecule has 0 N–H and O–H groups in total. The van der Waals surface area contributed by atoms with Crippen LogP contribution in [-0.4, -0.2) is 57.0 Å². The van der Waals surface area contributed by atoms with Gasteiger partial charge in [0.1, 0.15) is 0 Å². The highest BCUT2D eigenvalue weighted by Crippen LogP contribution is 2.26. The zero-order valence-electron chi connectivity index (χ0n) is 14.0. The maximum atomic E-state index is 12.9. The number of rotatable bonds is 7. The minimum atomic E-state index is -3.02. The van der Waals surface area contributed by atoms with Gasteiger partial charge in [-0.2, -0.15) is 0 Å². The number of hydrogen-bond donors (Lipinski definition) is 0. The lowest BCUT2D eigenvalue weighted by atomic mass is 10.1. The summed E-state index contributed by atoms with van der Waals surface area (Å²) in [7, 11) is -1.39. The van der Waals surface area contributed by atoms with Gasteiger partial charge in [0.25, 0.3) is 5.91 Å². The van der Waals surface area contributed by atoms with Crippen molar-refractivity contribution in [2.24, 2.45) is 0 Å². The van der Waals surface area contributed by atoms with Crippen molar-refractivity contribution in [2.75, 3.05) is 31.8 Å². The number of carbonyl (C=O) groups excluding carboxylic acids is 1. The van der Waals surface area contributed by atoms with Gasteiger partial charge >= 0.3 is 0 Å². The van der Waals surface area contributed by atoms with E-state index in [4.69, 9.17) is 4.74 Å². The number of amides is 1. The summed E-state index contributed by atoms with van der Waals surface area (Å²) in [5, 5.41) is 0. The van der Waals surface area contributed by atoms with Crippen LogP contribution >= 0.6 is 11.3 Å². The third-order valence-electron chi connectivity index (χ3n) is 4.27. The van der Waals surface area contributed by atoms with E-state index >= 15 is 0 Å². The SMILES string of the molecule is CCc1cc(C(=O)N(CCCOC)C2CCS(=O)(=O)C2)sc1C. The molecule has 1 fully saturated rings. The normalized spacial score (nSPS) is 19.9. The van der Waals surface area contributed by atoms with Crippen LogP contribution in [0.4, 0.5) is 0 Å². The number of thiophene rings is 1. The summed E-state index contributed by atoms with van der Waals surface area (Å²) >= 11 is 1.50. The Kier molecular flexibility index (Phi) is 6.22. The quantitative estimate of drug-likeness (QED) is 0.701. The molecular weight excluding hydrogens is 334 g/mol. The Morgan fingerprint density at radius 2 is 2.22 bits per heavy atom. The summed E-state index contributed by atoms with van der Waals surface area (Å²) in [6.07, 6.45) is 2.15. The zero-order valence-corrected chi connectivity index (χ0v) is 15.6. The fraction of sp³-hybridized carbons (Fsp3) is 0.688. The molecule has 0 saturated carbocycles. The molecule has 23 heavy (non-hydrogen) atoms. The van der Waals surface area contributed by atoms with Gasteiger partial charge in [0.2, 0.25) is 0 Å². The number of aryl methyl sites for hydroxylation is 2. The molecule has 1 aliphatic heterocycles. The molecule has 1 aromatic heterocycles. The summed E-state index contributed by atoms with van der Waals surface area (Å²) < 4.78 is 28.6. The second kappa shape index (κ2) is 7.77. The summed E-state index contributed by atoms with van der Waals surface area (Å²) in [5.74, 6) is 0.211. The predicted molar refractivity (Wildman–Crippen MR) is 93.0 cm³/mol. The number of carbonyl (C=O) groups is 1. The maximum Gasteiger partial charge on any atom is 0.264 e. The molecule has 1 amide bonds. The van der Waals surface area contributed by atoms with Crippen LogP contribution in [-0.2, 0) is 21.0 Å². The molecule has 0 spiro atoms. The van der Waals surface area contributed by atoms with Crippen LogP contribution in [0.25, 0.3) is 0 Å². The van der Waals surface area contributed by atoms with E-state index in [0.717, 1.165) is 11.3 Å². The standard InChI is InChI=1S/C16H25NO4S2/c1-4-13-10-15(22-12(13)2)16(18)17(7-5-8-21-3)14-6-9-23(19,20)11-14/h10,14H,4-9,11H2,1-3H3. The van der Waals surface area contributed by atoms with E-state index in [0.29, 0.717) is 30.9 Å². The number of hydrogen-bond acceptors (Lipinski definition) is 5. The molecule has 2 heterocycles. The second-order valence-corrected chi connectivity index (χ2v) is 9.43. The maximum absolute atomic E-state index is 12.9. The monoisotopic (exact) mass is 359 g/mol. The van der Waals surface area contributed by atoms with Gasteiger partial charge in [-0.1, -0.05) is 6.92 Å². The van der Waals surface area contributed by atoms with Crippen molar-refractivity contribution in [1.82, 2.24) is 4.90 Å². The predicted octanol–water partition coefficient (Wildman–Crippen LogP) is 2.28. The molecule has 0 bridgehead atoms. The average Bonchev–Trinajstić information content (AvgIpc) is 3.05. The molecular formula is C16H25NO4S2. The first-order chi connectivity index (χ1) is 10.9. The fourth-order valence-corrected chi connectivity index (χ4v) is 5.77. The van der Waals surface area contributed by atoms with Crippen LogP contribution in [0.15, 0.2) is 6.07 Å². The molecule has 0 aliphatic carbocycles. The topological polar surface area (TPSA) is 63.7 Å². The Morgan fingerprint density at radius 1 is 1.48 bits per heavy atom. The zero-order chi connectivity index (χ0) is 17.0. The number of ether oxygens (including phenoxy) is 1. The van der Waals surface area contributed by atoms with Gasteiger partial charge in [-0.15, -0.1) is 11.3 Å². The van der Waals surface area contributed by atoms with Crippen molar-refractivity contribution in [1.29, 1.82) is 0 Å². The molecule has 0 aromatic carbocycles. The molecule has 2 rings (SSSR count). The van der Waals surface area contributed by atoms with E-state index in [9.17, 15) is 13.2 Å². The first-order valence-electron chi connectivity index (χ1n) is 7.97. The highest BCUT2D eigenvalue weighted by molar-refractivity contribution is 7.91. The smallest absolute Gasteiger partial charge is 0.264 e. The molecule has 1 saturated heterocycles. The van der Waals surface area contributed by atoms with Gasteiger partial charge in [0.15, 0.2) is 9.84 Å². The molecule has 5 nitrogen and oxygen atoms in total. The van der Waals surface area contributed by atoms with Gasteiger partial charge in [-0.05, 0) is 37.8 Å².